The lowest BCUT2D eigenvalue weighted by Crippen LogP contribution is -2.16. The van der Waals surface area contributed by atoms with Crippen LogP contribution in [0.25, 0.3) is 0 Å². The molecule has 1 unspecified atom stereocenters. The summed E-state index contributed by atoms with van der Waals surface area (Å²) in [6, 6.07) is 14.4. The first-order valence-electron chi connectivity index (χ1n) is 10.8. The molecule has 0 fully saturated rings. The van der Waals surface area contributed by atoms with E-state index in [2.05, 4.69) is 20.8 Å². The van der Waals surface area contributed by atoms with Gasteiger partial charge in [0.15, 0.2) is 17.1 Å². The minimum atomic E-state index is -0.354. The van der Waals surface area contributed by atoms with Crippen LogP contribution < -0.4 is 20.1 Å². The number of hydrogen-bond acceptors (Lipinski definition) is 7. The number of carbonyl (C=O) groups excluding carboxylic acids is 2. The zero-order chi connectivity index (χ0) is 24.7. The molecule has 0 radical (unpaired) electrons. The standard InChI is InChI=1S/C24H29N5O4S/c1-15(2)29-23(16(3)33-21-8-6-7-20(13-21)32-5)27-28-24(29)34-14-22(31)26-19-11-9-18(10-12-19)25-17(4)30/h6-13,15-16H,14H2,1-5H3,(H,25,30)(H,26,31). The van der Waals surface area contributed by atoms with Crippen molar-refractivity contribution in [1.82, 2.24) is 14.8 Å². The van der Waals surface area contributed by atoms with Gasteiger partial charge in [-0.05, 0) is 57.2 Å². The van der Waals surface area contributed by atoms with Crippen LogP contribution in [0, 0.1) is 0 Å². The van der Waals surface area contributed by atoms with Gasteiger partial charge < -0.3 is 24.7 Å². The van der Waals surface area contributed by atoms with E-state index in [4.69, 9.17) is 9.47 Å². The predicted octanol–water partition coefficient (Wildman–Crippen LogP) is 4.70. The number of thioether (sulfide) groups is 1. The van der Waals surface area contributed by atoms with Crippen molar-refractivity contribution in [2.75, 3.05) is 23.5 Å². The molecule has 10 heteroatoms. The molecule has 3 aromatic rings. The molecule has 1 atom stereocenters. The maximum absolute atomic E-state index is 12.5. The van der Waals surface area contributed by atoms with Crippen LogP contribution in [-0.2, 0) is 9.59 Å². The van der Waals surface area contributed by atoms with Gasteiger partial charge in [0, 0.05) is 30.4 Å². The molecule has 0 saturated heterocycles. The minimum Gasteiger partial charge on any atom is -0.497 e. The van der Waals surface area contributed by atoms with Crippen LogP contribution >= 0.6 is 11.8 Å². The van der Waals surface area contributed by atoms with E-state index in [0.717, 1.165) is 0 Å². The van der Waals surface area contributed by atoms with Crippen molar-refractivity contribution in [2.45, 2.75) is 45.0 Å². The molecule has 1 aromatic heterocycles. The molecule has 0 spiro atoms. The Kier molecular flexibility index (Phi) is 8.53. The number of benzene rings is 2. The molecular weight excluding hydrogens is 454 g/mol. The number of amides is 2. The second kappa shape index (κ2) is 11.6. The summed E-state index contributed by atoms with van der Waals surface area (Å²) >= 11 is 1.31. The molecule has 0 aliphatic heterocycles. The molecule has 2 N–H and O–H groups in total. The lowest BCUT2D eigenvalue weighted by atomic mass is 10.3. The number of hydrogen-bond donors (Lipinski definition) is 2. The fourth-order valence-electron chi connectivity index (χ4n) is 3.25. The average Bonchev–Trinajstić information content (AvgIpc) is 3.23. The Bertz CT molecular complexity index is 1130. The Morgan fingerprint density at radius 1 is 1.00 bits per heavy atom. The lowest BCUT2D eigenvalue weighted by Gasteiger charge is -2.19. The number of nitrogens with one attached hydrogen (secondary N) is 2. The molecule has 2 amide bonds. The number of nitrogens with zero attached hydrogens (tertiary/aromatic N) is 3. The fourth-order valence-corrected chi connectivity index (χ4v) is 4.12. The lowest BCUT2D eigenvalue weighted by molar-refractivity contribution is -0.114. The van der Waals surface area contributed by atoms with Gasteiger partial charge in [0.1, 0.15) is 11.5 Å². The average molecular weight is 484 g/mol. The number of rotatable bonds is 10. The van der Waals surface area contributed by atoms with Gasteiger partial charge in [-0.25, -0.2) is 0 Å². The summed E-state index contributed by atoms with van der Waals surface area (Å²) in [6.45, 7) is 7.42. The Balaban J connectivity index is 1.63. The maximum atomic E-state index is 12.5. The van der Waals surface area contributed by atoms with Gasteiger partial charge in [-0.2, -0.15) is 0 Å². The molecule has 1 heterocycles. The molecule has 0 aliphatic rings. The molecule has 3 rings (SSSR count). The number of aromatic nitrogens is 3. The molecule has 34 heavy (non-hydrogen) atoms. The second-order valence-corrected chi connectivity index (χ2v) is 8.78. The summed E-state index contributed by atoms with van der Waals surface area (Å²) in [5.74, 6) is 1.91. The monoisotopic (exact) mass is 483 g/mol. The number of carbonyl (C=O) groups is 2. The van der Waals surface area contributed by atoms with E-state index in [1.54, 1.807) is 31.4 Å². The Hall–Kier alpha value is -3.53. The van der Waals surface area contributed by atoms with Crippen LogP contribution in [0.2, 0.25) is 0 Å². The third-order valence-corrected chi connectivity index (χ3v) is 5.69. The van der Waals surface area contributed by atoms with Gasteiger partial charge >= 0.3 is 0 Å². The largest absolute Gasteiger partial charge is 0.497 e. The maximum Gasteiger partial charge on any atom is 0.234 e. The molecule has 2 aromatic carbocycles. The van der Waals surface area contributed by atoms with Crippen molar-refractivity contribution in [1.29, 1.82) is 0 Å². The van der Waals surface area contributed by atoms with Gasteiger partial charge in [-0.15, -0.1) is 10.2 Å². The van der Waals surface area contributed by atoms with E-state index in [0.29, 0.717) is 33.9 Å². The van der Waals surface area contributed by atoms with Crippen molar-refractivity contribution in [3.05, 3.63) is 54.4 Å². The summed E-state index contributed by atoms with van der Waals surface area (Å²) in [7, 11) is 1.61. The van der Waals surface area contributed by atoms with Gasteiger partial charge in [0.05, 0.1) is 12.9 Å². The van der Waals surface area contributed by atoms with E-state index in [1.165, 1.54) is 18.7 Å². The molecule has 0 bridgehead atoms. The quantitative estimate of drug-likeness (QED) is 0.403. The van der Waals surface area contributed by atoms with E-state index in [-0.39, 0.29) is 29.7 Å². The first-order valence-corrected chi connectivity index (χ1v) is 11.8. The van der Waals surface area contributed by atoms with E-state index in [9.17, 15) is 9.59 Å². The zero-order valence-electron chi connectivity index (χ0n) is 19.9. The summed E-state index contributed by atoms with van der Waals surface area (Å²) in [6.07, 6.45) is -0.354. The Morgan fingerprint density at radius 3 is 2.26 bits per heavy atom. The first-order chi connectivity index (χ1) is 16.3. The van der Waals surface area contributed by atoms with E-state index >= 15 is 0 Å². The predicted molar refractivity (Wildman–Crippen MR) is 133 cm³/mol. The SMILES string of the molecule is COc1cccc(OC(C)c2nnc(SCC(=O)Nc3ccc(NC(C)=O)cc3)n2C(C)C)c1. The van der Waals surface area contributed by atoms with Gasteiger partial charge in [0.2, 0.25) is 11.8 Å². The number of methoxy groups -OCH3 is 1. The topological polar surface area (TPSA) is 107 Å². The molecule has 180 valence electrons. The third kappa shape index (κ3) is 6.74. The summed E-state index contributed by atoms with van der Waals surface area (Å²) < 4.78 is 13.3. The number of ether oxygens (including phenoxy) is 2. The first kappa shape index (κ1) is 25.1. The Morgan fingerprint density at radius 2 is 1.65 bits per heavy atom. The highest BCUT2D eigenvalue weighted by Gasteiger charge is 2.22. The van der Waals surface area contributed by atoms with Gasteiger partial charge in [0.25, 0.3) is 0 Å². The van der Waals surface area contributed by atoms with Crippen LogP contribution in [0.4, 0.5) is 11.4 Å². The smallest absolute Gasteiger partial charge is 0.234 e. The van der Waals surface area contributed by atoms with Crippen LogP contribution in [0.5, 0.6) is 11.5 Å². The fraction of sp³-hybridized carbons (Fsp3) is 0.333. The molecule has 0 saturated carbocycles. The van der Waals surface area contributed by atoms with Gasteiger partial charge in [-0.3, -0.25) is 9.59 Å². The Labute approximate surface area is 203 Å². The normalized spacial score (nSPS) is 11.7. The summed E-state index contributed by atoms with van der Waals surface area (Å²) in [4.78, 5) is 23.6. The second-order valence-electron chi connectivity index (χ2n) is 7.84. The van der Waals surface area contributed by atoms with Crippen molar-refractivity contribution >= 4 is 35.0 Å². The summed E-state index contributed by atoms with van der Waals surface area (Å²) in [5.41, 5.74) is 1.31. The summed E-state index contributed by atoms with van der Waals surface area (Å²) in [5, 5.41) is 14.8. The minimum absolute atomic E-state index is 0.0771. The third-order valence-electron chi connectivity index (χ3n) is 4.75. The van der Waals surface area contributed by atoms with Crippen LogP contribution in [0.3, 0.4) is 0 Å². The van der Waals surface area contributed by atoms with Crippen molar-refractivity contribution in [3.8, 4) is 11.5 Å². The van der Waals surface area contributed by atoms with Crippen molar-refractivity contribution < 1.29 is 19.1 Å². The number of anilines is 2. The van der Waals surface area contributed by atoms with Gasteiger partial charge in [-0.1, -0.05) is 17.8 Å². The van der Waals surface area contributed by atoms with E-state index in [1.807, 2.05) is 49.6 Å². The highest BCUT2D eigenvalue weighted by Crippen LogP contribution is 2.29. The van der Waals surface area contributed by atoms with Crippen molar-refractivity contribution in [2.24, 2.45) is 0 Å². The van der Waals surface area contributed by atoms with Crippen LogP contribution in [0.1, 0.15) is 45.7 Å². The highest BCUT2D eigenvalue weighted by atomic mass is 32.2. The van der Waals surface area contributed by atoms with E-state index < -0.39 is 0 Å². The zero-order valence-corrected chi connectivity index (χ0v) is 20.7. The highest BCUT2D eigenvalue weighted by molar-refractivity contribution is 7.99. The molecule has 0 aliphatic carbocycles. The molecule has 9 nitrogen and oxygen atoms in total. The van der Waals surface area contributed by atoms with Crippen LogP contribution in [-0.4, -0.2) is 39.4 Å². The molecular formula is C24H29N5O4S. The van der Waals surface area contributed by atoms with Crippen molar-refractivity contribution in [3.63, 3.8) is 0 Å². The van der Waals surface area contributed by atoms with Crippen LogP contribution in [0.15, 0.2) is 53.7 Å².